The van der Waals surface area contributed by atoms with Crippen molar-refractivity contribution in [2.75, 3.05) is 27.2 Å². The number of amides is 2. The molecule has 0 heterocycles. The third-order valence-electron chi connectivity index (χ3n) is 4.56. The topological polar surface area (TPSA) is 61.4 Å². The van der Waals surface area contributed by atoms with E-state index in [4.69, 9.17) is 0 Å². The normalized spacial score (nSPS) is 13.4. The largest absolute Gasteiger partial charge is 0.347 e. The molecule has 0 aliphatic carbocycles. The Balaban J connectivity index is 2.62. The Kier molecular flexibility index (Phi) is 8.62. The molecule has 1 aromatic carbocycles. The fraction of sp³-hybridized carbons (Fsp3) is 0.600. The van der Waals surface area contributed by atoms with E-state index in [0.29, 0.717) is 11.8 Å². The molecule has 0 bridgehead atoms. The number of likely N-dealkylation sites (N-methyl/N-ethyl adjacent to an activating group) is 1. The quantitative estimate of drug-likeness (QED) is 0.722. The van der Waals surface area contributed by atoms with Crippen molar-refractivity contribution < 1.29 is 9.59 Å². The third-order valence-corrected chi connectivity index (χ3v) is 4.56. The maximum Gasteiger partial charge on any atom is 0.241 e. The van der Waals surface area contributed by atoms with E-state index in [2.05, 4.69) is 62.6 Å². The lowest BCUT2D eigenvalue weighted by molar-refractivity contribution is -0.130. The summed E-state index contributed by atoms with van der Waals surface area (Å²) in [5.41, 5.74) is 2.52. The molecular weight excluding hydrogens is 314 g/mol. The van der Waals surface area contributed by atoms with Crippen molar-refractivity contribution in [1.82, 2.24) is 15.5 Å². The molecule has 25 heavy (non-hydrogen) atoms. The molecule has 5 nitrogen and oxygen atoms in total. The fourth-order valence-electron chi connectivity index (χ4n) is 2.60. The Morgan fingerprint density at radius 3 is 2.04 bits per heavy atom. The minimum Gasteiger partial charge on any atom is -0.347 e. The molecule has 0 saturated heterocycles. The second kappa shape index (κ2) is 10.2. The van der Waals surface area contributed by atoms with Crippen LogP contribution in [0.25, 0.3) is 0 Å². The average molecular weight is 348 g/mol. The zero-order valence-corrected chi connectivity index (χ0v) is 16.4. The van der Waals surface area contributed by atoms with Gasteiger partial charge in [-0.2, -0.15) is 0 Å². The van der Waals surface area contributed by atoms with Crippen LogP contribution >= 0.6 is 0 Å². The lowest BCUT2D eigenvalue weighted by Crippen LogP contribution is -2.41. The summed E-state index contributed by atoms with van der Waals surface area (Å²) in [5, 5.41) is 5.96. The predicted octanol–water partition coefficient (Wildman–Crippen LogP) is 2.69. The van der Waals surface area contributed by atoms with Crippen LogP contribution in [0.15, 0.2) is 24.3 Å². The molecule has 2 N–H and O–H groups in total. The molecule has 1 rings (SSSR count). The smallest absolute Gasteiger partial charge is 0.241 e. The van der Waals surface area contributed by atoms with Crippen LogP contribution in [-0.2, 0) is 9.59 Å². The molecule has 1 aromatic rings. The maximum atomic E-state index is 12.0. The van der Waals surface area contributed by atoms with E-state index in [1.165, 1.54) is 16.0 Å². The summed E-state index contributed by atoms with van der Waals surface area (Å²) in [7, 11) is 3.34. The zero-order valence-electron chi connectivity index (χ0n) is 16.4. The molecule has 0 spiro atoms. The SMILES string of the molecule is CC[C@@H](C)c1ccc([C@@H](NCC(=O)NCC(=O)N(C)C)C(C)C)cc1. The highest BCUT2D eigenvalue weighted by atomic mass is 16.2. The van der Waals surface area contributed by atoms with Crippen LogP contribution in [0.2, 0.25) is 0 Å². The van der Waals surface area contributed by atoms with Crippen molar-refractivity contribution in [1.29, 1.82) is 0 Å². The predicted molar refractivity (Wildman–Crippen MR) is 102 cm³/mol. The van der Waals surface area contributed by atoms with Gasteiger partial charge in [0, 0.05) is 20.1 Å². The molecule has 0 saturated carbocycles. The first-order valence-electron chi connectivity index (χ1n) is 9.06. The standard InChI is InChI=1S/C20H33N3O2/c1-7-15(4)16-8-10-17(11-9-16)20(14(2)3)22-12-18(24)21-13-19(25)23(5)6/h8-11,14-15,20,22H,7,12-13H2,1-6H3,(H,21,24)/t15-,20+/m1/s1. The van der Waals surface area contributed by atoms with E-state index in [9.17, 15) is 9.59 Å². The van der Waals surface area contributed by atoms with Gasteiger partial charge in [-0.15, -0.1) is 0 Å². The third kappa shape index (κ3) is 6.86. The molecule has 0 radical (unpaired) electrons. The molecular formula is C20H33N3O2. The maximum absolute atomic E-state index is 12.0. The van der Waals surface area contributed by atoms with Gasteiger partial charge in [0.05, 0.1) is 13.1 Å². The van der Waals surface area contributed by atoms with E-state index in [0.717, 1.165) is 6.42 Å². The van der Waals surface area contributed by atoms with Gasteiger partial charge in [-0.1, -0.05) is 52.0 Å². The average Bonchev–Trinajstić information content (AvgIpc) is 2.59. The summed E-state index contributed by atoms with van der Waals surface area (Å²) in [6, 6.07) is 8.74. The summed E-state index contributed by atoms with van der Waals surface area (Å²) in [6.07, 6.45) is 1.12. The van der Waals surface area contributed by atoms with Gasteiger partial charge in [-0.25, -0.2) is 0 Å². The minimum atomic E-state index is -0.169. The van der Waals surface area contributed by atoms with Crippen LogP contribution in [0.1, 0.15) is 57.2 Å². The van der Waals surface area contributed by atoms with Gasteiger partial charge in [0.15, 0.2) is 0 Å². The Morgan fingerprint density at radius 1 is 1.00 bits per heavy atom. The number of carbonyl (C=O) groups is 2. The van der Waals surface area contributed by atoms with Crippen LogP contribution in [0, 0.1) is 5.92 Å². The van der Waals surface area contributed by atoms with Gasteiger partial charge in [-0.3, -0.25) is 9.59 Å². The van der Waals surface area contributed by atoms with E-state index < -0.39 is 0 Å². The summed E-state index contributed by atoms with van der Waals surface area (Å²) in [5.74, 6) is 0.622. The molecule has 140 valence electrons. The fourth-order valence-corrected chi connectivity index (χ4v) is 2.60. The van der Waals surface area contributed by atoms with E-state index in [-0.39, 0.29) is 30.9 Å². The van der Waals surface area contributed by atoms with Gasteiger partial charge in [0.2, 0.25) is 11.8 Å². The van der Waals surface area contributed by atoms with E-state index in [1.54, 1.807) is 14.1 Å². The van der Waals surface area contributed by atoms with Crippen LogP contribution in [-0.4, -0.2) is 43.9 Å². The Morgan fingerprint density at radius 2 is 1.56 bits per heavy atom. The number of benzene rings is 1. The lowest BCUT2D eigenvalue weighted by Gasteiger charge is -2.23. The molecule has 2 atom stereocenters. The van der Waals surface area contributed by atoms with Crippen molar-refractivity contribution >= 4 is 11.8 Å². The zero-order chi connectivity index (χ0) is 19.0. The van der Waals surface area contributed by atoms with Crippen LogP contribution < -0.4 is 10.6 Å². The highest BCUT2D eigenvalue weighted by molar-refractivity contribution is 5.85. The first kappa shape index (κ1) is 21.2. The molecule has 0 unspecified atom stereocenters. The van der Waals surface area contributed by atoms with Gasteiger partial charge in [0.1, 0.15) is 0 Å². The number of rotatable bonds is 9. The number of nitrogens with zero attached hydrogens (tertiary/aromatic N) is 1. The number of hydrogen-bond donors (Lipinski definition) is 2. The summed E-state index contributed by atoms with van der Waals surface area (Å²) in [4.78, 5) is 24.9. The second-order valence-corrected chi connectivity index (χ2v) is 7.14. The Bertz CT molecular complexity index is 553. The Labute approximate surface area is 152 Å². The van der Waals surface area contributed by atoms with Crippen LogP contribution in [0.4, 0.5) is 0 Å². The van der Waals surface area contributed by atoms with Gasteiger partial charge >= 0.3 is 0 Å². The van der Waals surface area contributed by atoms with E-state index >= 15 is 0 Å². The molecule has 2 amide bonds. The molecule has 0 fully saturated rings. The summed E-state index contributed by atoms with van der Waals surface area (Å²) >= 11 is 0. The van der Waals surface area contributed by atoms with Gasteiger partial charge in [-0.05, 0) is 29.4 Å². The van der Waals surface area contributed by atoms with Crippen molar-refractivity contribution in [3.63, 3.8) is 0 Å². The van der Waals surface area contributed by atoms with E-state index in [1.807, 2.05) is 0 Å². The molecule has 0 aromatic heterocycles. The van der Waals surface area contributed by atoms with Crippen molar-refractivity contribution in [3.8, 4) is 0 Å². The molecule has 0 aliphatic rings. The number of hydrogen-bond acceptors (Lipinski definition) is 3. The summed E-state index contributed by atoms with van der Waals surface area (Å²) < 4.78 is 0. The first-order chi connectivity index (χ1) is 11.8. The molecule has 0 aliphatic heterocycles. The monoisotopic (exact) mass is 347 g/mol. The summed E-state index contributed by atoms with van der Waals surface area (Å²) in [6.45, 7) is 8.91. The number of nitrogens with one attached hydrogen (secondary N) is 2. The lowest BCUT2D eigenvalue weighted by atomic mass is 9.92. The van der Waals surface area contributed by atoms with Gasteiger partial charge < -0.3 is 15.5 Å². The minimum absolute atomic E-state index is 0.0312. The van der Waals surface area contributed by atoms with Crippen molar-refractivity contribution in [3.05, 3.63) is 35.4 Å². The Hall–Kier alpha value is -1.88. The molecule has 5 heteroatoms. The van der Waals surface area contributed by atoms with Crippen molar-refractivity contribution in [2.24, 2.45) is 5.92 Å². The number of carbonyl (C=O) groups excluding carboxylic acids is 2. The van der Waals surface area contributed by atoms with Crippen molar-refractivity contribution in [2.45, 2.75) is 46.1 Å². The highest BCUT2D eigenvalue weighted by Gasteiger charge is 2.17. The second-order valence-electron chi connectivity index (χ2n) is 7.14. The highest BCUT2D eigenvalue weighted by Crippen LogP contribution is 2.25. The van der Waals surface area contributed by atoms with Gasteiger partial charge in [0.25, 0.3) is 0 Å². The first-order valence-corrected chi connectivity index (χ1v) is 9.06. The van der Waals surface area contributed by atoms with Crippen LogP contribution in [0.5, 0.6) is 0 Å². The van der Waals surface area contributed by atoms with Crippen LogP contribution in [0.3, 0.4) is 0 Å².